The van der Waals surface area contributed by atoms with E-state index < -0.39 is 0 Å². The van der Waals surface area contributed by atoms with Crippen LogP contribution in [0.2, 0.25) is 0 Å². The van der Waals surface area contributed by atoms with E-state index in [0.29, 0.717) is 0 Å². The molecule has 0 aliphatic rings. The highest BCUT2D eigenvalue weighted by atomic mass is 14.7. The minimum Gasteiger partial charge on any atom is -0.361 e. The highest BCUT2D eigenvalue weighted by molar-refractivity contribution is 5.41. The van der Waals surface area contributed by atoms with Crippen LogP contribution in [0.5, 0.6) is 0 Å². The fourth-order valence-corrected chi connectivity index (χ4v) is 2.01. The van der Waals surface area contributed by atoms with E-state index in [0.717, 1.165) is 11.8 Å². The number of hydrogen-bond donors (Lipinski definition) is 1. The Labute approximate surface area is 102 Å². The van der Waals surface area contributed by atoms with Gasteiger partial charge in [-0.25, -0.2) is 0 Å². The predicted octanol–water partition coefficient (Wildman–Crippen LogP) is 2.37. The maximum Gasteiger partial charge on any atom is 0.0413 e. The van der Waals surface area contributed by atoms with Crippen molar-refractivity contribution in [3.05, 3.63) is 70.9 Å². The number of allylic oxidation sites excluding steroid dienone is 1. The van der Waals surface area contributed by atoms with E-state index in [-0.39, 0.29) is 0 Å². The summed E-state index contributed by atoms with van der Waals surface area (Å²) in [6.07, 6.45) is 9.01. The molecule has 0 aliphatic carbocycles. The Kier molecular flexibility index (Phi) is 3.61. The molecule has 17 heavy (non-hydrogen) atoms. The number of hydrogen-bond acceptors (Lipinski definition) is 0. The van der Waals surface area contributed by atoms with Crippen molar-refractivity contribution in [1.82, 2.24) is 4.98 Å². The second-order valence-electron chi connectivity index (χ2n) is 3.99. The van der Waals surface area contributed by atoms with Crippen LogP contribution in [0.15, 0.2) is 49.2 Å². The van der Waals surface area contributed by atoms with Gasteiger partial charge in [0, 0.05) is 16.8 Å². The van der Waals surface area contributed by atoms with Crippen molar-refractivity contribution in [3.8, 4) is 0 Å². The highest BCUT2D eigenvalue weighted by Gasteiger charge is 2.00. The largest absolute Gasteiger partial charge is 0.361 e. The third kappa shape index (κ3) is 2.56. The highest BCUT2D eigenvalue weighted by Crippen LogP contribution is 2.04. The van der Waals surface area contributed by atoms with Crippen molar-refractivity contribution >= 4 is 12.2 Å². The smallest absolute Gasteiger partial charge is 0.0413 e. The third-order valence-corrected chi connectivity index (χ3v) is 2.85. The summed E-state index contributed by atoms with van der Waals surface area (Å²) in [5.41, 5.74) is 2.64. The van der Waals surface area contributed by atoms with Crippen LogP contribution in [0, 0.1) is 0 Å². The van der Waals surface area contributed by atoms with Crippen LogP contribution in [0.25, 0.3) is 12.2 Å². The first kappa shape index (κ1) is 11.5. The number of aromatic amines is 1. The average molecular weight is 223 g/mol. The lowest BCUT2D eigenvalue weighted by molar-refractivity contribution is 1.18. The van der Waals surface area contributed by atoms with E-state index in [2.05, 4.69) is 54.2 Å². The summed E-state index contributed by atoms with van der Waals surface area (Å²) in [4.78, 5) is 3.29. The summed E-state index contributed by atoms with van der Waals surface area (Å²) >= 11 is 0. The molecule has 0 saturated carbocycles. The van der Waals surface area contributed by atoms with Crippen molar-refractivity contribution in [1.29, 1.82) is 0 Å². The third-order valence-electron chi connectivity index (χ3n) is 2.85. The topological polar surface area (TPSA) is 15.8 Å². The van der Waals surface area contributed by atoms with Gasteiger partial charge in [0.1, 0.15) is 0 Å². The minimum absolute atomic E-state index is 0.949. The molecular weight excluding hydrogens is 206 g/mol. The molecule has 0 aliphatic heterocycles. The quantitative estimate of drug-likeness (QED) is 0.822. The molecule has 1 N–H and O–H groups in total. The zero-order chi connectivity index (χ0) is 12.1. The molecule has 2 aromatic rings. The Balaban J connectivity index is 2.44. The predicted molar refractivity (Wildman–Crippen MR) is 74.1 cm³/mol. The Morgan fingerprint density at radius 3 is 2.65 bits per heavy atom. The summed E-state index contributed by atoms with van der Waals surface area (Å²) in [7, 11) is 0. The molecule has 1 nitrogen and oxygen atoms in total. The lowest BCUT2D eigenvalue weighted by Gasteiger charge is -1.98. The van der Waals surface area contributed by atoms with Crippen LogP contribution >= 0.6 is 0 Å². The van der Waals surface area contributed by atoms with E-state index in [4.69, 9.17) is 0 Å². The van der Waals surface area contributed by atoms with Gasteiger partial charge < -0.3 is 4.98 Å². The molecule has 0 bridgehead atoms. The van der Waals surface area contributed by atoms with Gasteiger partial charge in [-0.3, -0.25) is 0 Å². The summed E-state index contributed by atoms with van der Waals surface area (Å²) in [6.45, 7) is 5.82. The number of nitrogens with one attached hydrogen (secondary N) is 1. The first-order chi connectivity index (χ1) is 8.35. The van der Waals surface area contributed by atoms with Crippen molar-refractivity contribution < 1.29 is 0 Å². The van der Waals surface area contributed by atoms with Crippen LogP contribution < -0.4 is 10.6 Å². The molecule has 0 radical (unpaired) electrons. The van der Waals surface area contributed by atoms with Gasteiger partial charge in [0.05, 0.1) is 0 Å². The molecule has 0 spiro atoms. The van der Waals surface area contributed by atoms with Gasteiger partial charge >= 0.3 is 0 Å². The van der Waals surface area contributed by atoms with E-state index >= 15 is 0 Å². The van der Waals surface area contributed by atoms with Crippen molar-refractivity contribution in [2.24, 2.45) is 0 Å². The molecule has 0 atom stereocenters. The lowest BCUT2D eigenvalue weighted by atomic mass is 10.1. The van der Waals surface area contributed by atoms with Gasteiger partial charge in [-0.05, 0) is 24.5 Å². The molecule has 0 unspecified atom stereocenters. The molecule has 1 aromatic heterocycles. The molecule has 86 valence electrons. The van der Waals surface area contributed by atoms with Crippen LogP contribution in [-0.4, -0.2) is 4.98 Å². The monoisotopic (exact) mass is 223 g/mol. The standard InChI is InChI=1S/C16H17N/c1-3-8-15-14(12-17-16(15)4-2)11-13-9-6-5-7-10-13/h3-10,12,17H,1,11H2,2H3/b15-8-,16-4+. The second kappa shape index (κ2) is 5.35. The molecule has 1 heteroatoms. The molecular formula is C16H17N. The zero-order valence-electron chi connectivity index (χ0n) is 10.1. The Morgan fingerprint density at radius 2 is 2.00 bits per heavy atom. The molecule has 1 aromatic carbocycles. The summed E-state index contributed by atoms with van der Waals surface area (Å²) < 4.78 is 0. The Hall–Kier alpha value is -2.02. The van der Waals surface area contributed by atoms with Gasteiger partial charge in [0.2, 0.25) is 0 Å². The van der Waals surface area contributed by atoms with Crippen LogP contribution in [0.4, 0.5) is 0 Å². The van der Waals surface area contributed by atoms with E-state index in [1.165, 1.54) is 16.3 Å². The Bertz CT molecular complexity index is 603. The molecule has 0 fully saturated rings. The number of H-pyrrole nitrogens is 1. The van der Waals surface area contributed by atoms with Gasteiger partial charge in [-0.2, -0.15) is 0 Å². The van der Waals surface area contributed by atoms with Crippen molar-refractivity contribution in [2.75, 3.05) is 0 Å². The lowest BCUT2D eigenvalue weighted by Crippen LogP contribution is -2.24. The van der Waals surface area contributed by atoms with E-state index in [1.807, 2.05) is 19.1 Å². The average Bonchev–Trinajstić information content (AvgIpc) is 2.74. The van der Waals surface area contributed by atoms with Gasteiger partial charge in [0.15, 0.2) is 0 Å². The summed E-state index contributed by atoms with van der Waals surface area (Å²) in [5.74, 6) is 0. The maximum absolute atomic E-state index is 3.78. The fraction of sp³-hybridized carbons (Fsp3) is 0.125. The van der Waals surface area contributed by atoms with Crippen LogP contribution in [0.3, 0.4) is 0 Å². The van der Waals surface area contributed by atoms with Crippen molar-refractivity contribution in [3.63, 3.8) is 0 Å². The zero-order valence-corrected chi connectivity index (χ0v) is 10.1. The van der Waals surface area contributed by atoms with Crippen LogP contribution in [-0.2, 0) is 6.42 Å². The van der Waals surface area contributed by atoms with Gasteiger partial charge in [-0.1, -0.05) is 55.1 Å². The first-order valence-electron chi connectivity index (χ1n) is 5.84. The molecule has 1 heterocycles. The summed E-state index contributed by atoms with van der Waals surface area (Å²) in [5, 5.41) is 2.40. The minimum atomic E-state index is 0.949. The van der Waals surface area contributed by atoms with Crippen LogP contribution in [0.1, 0.15) is 18.1 Å². The molecule has 2 rings (SSSR count). The van der Waals surface area contributed by atoms with E-state index in [9.17, 15) is 0 Å². The maximum atomic E-state index is 3.78. The van der Waals surface area contributed by atoms with Gasteiger partial charge in [0.25, 0.3) is 0 Å². The molecule has 0 saturated heterocycles. The number of rotatable bonds is 3. The summed E-state index contributed by atoms with van der Waals surface area (Å²) in [6, 6.07) is 10.5. The fourth-order valence-electron chi connectivity index (χ4n) is 2.01. The van der Waals surface area contributed by atoms with Crippen molar-refractivity contribution in [2.45, 2.75) is 13.3 Å². The Morgan fingerprint density at radius 1 is 1.24 bits per heavy atom. The first-order valence-corrected chi connectivity index (χ1v) is 5.84. The number of benzene rings is 1. The molecule has 0 amide bonds. The normalized spacial score (nSPS) is 13.0. The second-order valence-corrected chi connectivity index (χ2v) is 3.99. The SMILES string of the molecule is C=C/C=c1/c(Cc2ccccc2)c[nH]/c1=C/C. The van der Waals surface area contributed by atoms with E-state index in [1.54, 1.807) is 0 Å². The number of aromatic nitrogens is 1. The van der Waals surface area contributed by atoms with Gasteiger partial charge in [-0.15, -0.1) is 0 Å².